The van der Waals surface area contributed by atoms with Gasteiger partial charge in [-0.1, -0.05) is 24.3 Å². The van der Waals surface area contributed by atoms with E-state index in [-0.39, 0.29) is 11.6 Å². The van der Waals surface area contributed by atoms with Crippen molar-refractivity contribution in [3.8, 4) is 11.5 Å². The number of Topliss-reactive ketones (excluding diaryl/α,β-unsaturated/α-hetero) is 1. The summed E-state index contributed by atoms with van der Waals surface area (Å²) in [6.45, 7) is 0. The second-order valence-corrected chi connectivity index (χ2v) is 6.26. The molecule has 0 aliphatic heterocycles. The molecule has 138 valence electrons. The molecule has 0 aliphatic rings. The van der Waals surface area contributed by atoms with Crippen LogP contribution in [0.25, 0.3) is 0 Å². The zero-order chi connectivity index (χ0) is 19.2. The maximum atomic E-state index is 13.3. The van der Waals surface area contributed by atoms with Gasteiger partial charge in [-0.2, -0.15) is 0 Å². The van der Waals surface area contributed by atoms with Crippen LogP contribution < -0.4 is 9.47 Å². The van der Waals surface area contributed by atoms with Gasteiger partial charge in [-0.05, 0) is 66.1 Å². The van der Waals surface area contributed by atoms with Crippen molar-refractivity contribution in [2.75, 3.05) is 14.2 Å². The van der Waals surface area contributed by atoms with E-state index in [1.807, 2.05) is 48.5 Å². The third-order valence-corrected chi connectivity index (χ3v) is 4.52. The van der Waals surface area contributed by atoms with Gasteiger partial charge in [0.15, 0.2) is 5.78 Å². The van der Waals surface area contributed by atoms with Crippen molar-refractivity contribution in [2.24, 2.45) is 0 Å². The lowest BCUT2D eigenvalue weighted by Gasteiger charge is -2.18. The molecule has 3 nitrogen and oxygen atoms in total. The molecule has 0 bridgehead atoms. The molecule has 0 fully saturated rings. The number of ether oxygens (including phenoxy) is 2. The Hall–Kier alpha value is -3.14. The summed E-state index contributed by atoms with van der Waals surface area (Å²) in [4.78, 5) is 13.2. The number of hydrogen-bond donors (Lipinski definition) is 0. The first kappa shape index (κ1) is 18.6. The molecule has 0 radical (unpaired) electrons. The number of carbonyl (C=O) groups is 1. The van der Waals surface area contributed by atoms with Gasteiger partial charge in [-0.15, -0.1) is 0 Å². The molecule has 0 saturated carbocycles. The minimum atomic E-state index is -0.419. The zero-order valence-corrected chi connectivity index (χ0v) is 15.3. The van der Waals surface area contributed by atoms with Crippen molar-refractivity contribution in [1.82, 2.24) is 0 Å². The van der Waals surface area contributed by atoms with E-state index in [0.717, 1.165) is 16.9 Å². The van der Waals surface area contributed by atoms with E-state index in [2.05, 4.69) is 0 Å². The van der Waals surface area contributed by atoms with E-state index in [4.69, 9.17) is 9.47 Å². The monoisotopic (exact) mass is 364 g/mol. The Balaban J connectivity index is 1.99. The van der Waals surface area contributed by atoms with Gasteiger partial charge in [0.1, 0.15) is 17.3 Å². The third kappa shape index (κ3) is 4.53. The van der Waals surface area contributed by atoms with Crippen LogP contribution in [0.3, 0.4) is 0 Å². The van der Waals surface area contributed by atoms with Crippen molar-refractivity contribution < 1.29 is 18.7 Å². The SMILES string of the molecule is COc1cccc(CC(C(=O)c2ccc(F)cc2)c2cccc(OC)c2)c1. The van der Waals surface area contributed by atoms with E-state index in [1.165, 1.54) is 24.3 Å². The predicted octanol–water partition coefficient (Wildman–Crippen LogP) is 5.05. The van der Waals surface area contributed by atoms with Crippen LogP contribution in [0.4, 0.5) is 4.39 Å². The van der Waals surface area contributed by atoms with E-state index < -0.39 is 5.92 Å². The van der Waals surface area contributed by atoms with Gasteiger partial charge in [0.25, 0.3) is 0 Å². The van der Waals surface area contributed by atoms with Crippen molar-refractivity contribution >= 4 is 5.78 Å². The van der Waals surface area contributed by atoms with Crippen LogP contribution >= 0.6 is 0 Å². The highest BCUT2D eigenvalue weighted by atomic mass is 19.1. The topological polar surface area (TPSA) is 35.5 Å². The fourth-order valence-electron chi connectivity index (χ4n) is 3.07. The molecule has 27 heavy (non-hydrogen) atoms. The molecule has 3 rings (SSSR count). The summed E-state index contributed by atoms with van der Waals surface area (Å²) in [5, 5.41) is 0. The number of halogens is 1. The molecule has 0 aromatic heterocycles. The summed E-state index contributed by atoms with van der Waals surface area (Å²) in [6, 6.07) is 20.8. The van der Waals surface area contributed by atoms with Crippen LogP contribution in [-0.4, -0.2) is 20.0 Å². The minimum absolute atomic E-state index is 0.0638. The fourth-order valence-corrected chi connectivity index (χ4v) is 3.07. The Bertz CT molecular complexity index is 919. The predicted molar refractivity (Wildman–Crippen MR) is 103 cm³/mol. The van der Waals surface area contributed by atoms with Crippen LogP contribution in [0.2, 0.25) is 0 Å². The molecule has 0 spiro atoms. The molecule has 3 aromatic rings. The maximum Gasteiger partial charge on any atom is 0.170 e. The van der Waals surface area contributed by atoms with E-state index in [1.54, 1.807) is 14.2 Å². The Morgan fingerprint density at radius 2 is 1.52 bits per heavy atom. The highest BCUT2D eigenvalue weighted by Gasteiger charge is 2.23. The standard InChI is InChI=1S/C23H21FO3/c1-26-20-7-3-5-16(13-20)14-22(18-6-4-8-21(15-18)27-2)23(25)17-9-11-19(24)12-10-17/h3-13,15,22H,14H2,1-2H3. The molecule has 1 atom stereocenters. The van der Waals surface area contributed by atoms with Crippen molar-refractivity contribution in [3.63, 3.8) is 0 Å². The van der Waals surface area contributed by atoms with Gasteiger partial charge in [0.2, 0.25) is 0 Å². The first-order valence-electron chi connectivity index (χ1n) is 8.67. The zero-order valence-electron chi connectivity index (χ0n) is 15.3. The summed E-state index contributed by atoms with van der Waals surface area (Å²) in [5.74, 6) is 0.585. The number of methoxy groups -OCH3 is 2. The Morgan fingerprint density at radius 1 is 0.889 bits per heavy atom. The van der Waals surface area contributed by atoms with E-state index >= 15 is 0 Å². The molecule has 0 N–H and O–H groups in total. The lowest BCUT2D eigenvalue weighted by Crippen LogP contribution is -2.16. The number of benzene rings is 3. The number of hydrogen-bond acceptors (Lipinski definition) is 3. The third-order valence-electron chi connectivity index (χ3n) is 4.52. The Labute approximate surface area is 158 Å². The number of carbonyl (C=O) groups excluding carboxylic acids is 1. The van der Waals surface area contributed by atoms with Gasteiger partial charge >= 0.3 is 0 Å². The normalized spacial score (nSPS) is 11.7. The van der Waals surface area contributed by atoms with Crippen molar-refractivity contribution in [2.45, 2.75) is 12.3 Å². The highest BCUT2D eigenvalue weighted by molar-refractivity contribution is 6.01. The number of ketones is 1. The van der Waals surface area contributed by atoms with Gasteiger partial charge in [-0.3, -0.25) is 4.79 Å². The average molecular weight is 364 g/mol. The summed E-state index contributed by atoms with van der Waals surface area (Å²) in [7, 11) is 3.21. The smallest absolute Gasteiger partial charge is 0.170 e. The van der Waals surface area contributed by atoms with Crippen LogP contribution in [0.15, 0.2) is 72.8 Å². The summed E-state index contributed by atoms with van der Waals surface area (Å²) in [6.07, 6.45) is 0.501. The molecule has 3 aromatic carbocycles. The molecule has 4 heteroatoms. The fraction of sp³-hybridized carbons (Fsp3) is 0.174. The quantitative estimate of drug-likeness (QED) is 0.550. The number of rotatable bonds is 7. The molecule has 0 aliphatic carbocycles. The van der Waals surface area contributed by atoms with Crippen LogP contribution in [-0.2, 0) is 6.42 Å². The second kappa shape index (κ2) is 8.49. The van der Waals surface area contributed by atoms with Gasteiger partial charge in [-0.25, -0.2) is 4.39 Å². The molecular weight excluding hydrogens is 343 g/mol. The molecule has 1 unspecified atom stereocenters. The second-order valence-electron chi connectivity index (χ2n) is 6.26. The summed E-state index contributed by atoms with van der Waals surface area (Å²) in [5.41, 5.74) is 2.32. The molecule has 0 heterocycles. The molecular formula is C23H21FO3. The first-order chi connectivity index (χ1) is 13.1. The van der Waals surface area contributed by atoms with Gasteiger partial charge in [0.05, 0.1) is 20.1 Å². The van der Waals surface area contributed by atoms with Gasteiger partial charge in [0, 0.05) is 5.56 Å². The average Bonchev–Trinajstić information content (AvgIpc) is 2.72. The summed E-state index contributed by atoms with van der Waals surface area (Å²) < 4.78 is 23.9. The van der Waals surface area contributed by atoms with Crippen LogP contribution in [0.1, 0.15) is 27.4 Å². The molecule has 0 saturated heterocycles. The van der Waals surface area contributed by atoms with Crippen LogP contribution in [0, 0.1) is 5.82 Å². The minimum Gasteiger partial charge on any atom is -0.497 e. The largest absolute Gasteiger partial charge is 0.497 e. The first-order valence-corrected chi connectivity index (χ1v) is 8.67. The lowest BCUT2D eigenvalue weighted by molar-refractivity contribution is 0.0958. The van der Waals surface area contributed by atoms with Crippen molar-refractivity contribution in [3.05, 3.63) is 95.3 Å². The van der Waals surface area contributed by atoms with Gasteiger partial charge < -0.3 is 9.47 Å². The van der Waals surface area contributed by atoms with Crippen molar-refractivity contribution in [1.29, 1.82) is 0 Å². The summed E-state index contributed by atoms with van der Waals surface area (Å²) >= 11 is 0. The highest BCUT2D eigenvalue weighted by Crippen LogP contribution is 2.29. The Morgan fingerprint density at radius 3 is 2.19 bits per heavy atom. The van der Waals surface area contributed by atoms with E-state index in [9.17, 15) is 9.18 Å². The van der Waals surface area contributed by atoms with Crippen LogP contribution in [0.5, 0.6) is 11.5 Å². The molecule has 0 amide bonds. The lowest BCUT2D eigenvalue weighted by atomic mass is 9.85. The maximum absolute atomic E-state index is 13.3. The Kier molecular flexibility index (Phi) is 5.87. The van der Waals surface area contributed by atoms with E-state index in [0.29, 0.717) is 17.7 Å².